The maximum atomic E-state index is 5.90. The average Bonchev–Trinajstić information content (AvgIpc) is 2.61. The van der Waals surface area contributed by atoms with Gasteiger partial charge in [-0.05, 0) is 12.3 Å². The largest absolute Gasteiger partial charge is 0.227 e. The summed E-state index contributed by atoms with van der Waals surface area (Å²) in [5.74, 6) is 0.858. The molecule has 0 aromatic carbocycles. The van der Waals surface area contributed by atoms with Gasteiger partial charge >= 0.3 is 0 Å². The first-order chi connectivity index (χ1) is 7.84. The minimum Gasteiger partial charge on any atom is -0.227 e. The van der Waals surface area contributed by atoms with Crippen molar-refractivity contribution in [3.05, 3.63) is 11.5 Å². The number of hydrogen-bond acceptors (Lipinski definition) is 4. The lowest BCUT2D eigenvalue weighted by Crippen LogP contribution is -2.14. The monoisotopic (exact) mass is 237 g/mol. The molecule has 16 heavy (non-hydrogen) atoms. The van der Waals surface area contributed by atoms with Crippen molar-refractivity contribution in [1.82, 2.24) is 25.0 Å². The standard InChI is InChI=1S/C10H12ClN5/c11-9-8-10(13-6-12-9)16(15-14-8)5-4-7-2-1-3-7/h6-7H,1-5H2. The van der Waals surface area contributed by atoms with E-state index < -0.39 is 0 Å². The molecule has 0 unspecified atom stereocenters. The Labute approximate surface area is 97.8 Å². The van der Waals surface area contributed by atoms with E-state index in [1.807, 2.05) is 4.68 Å². The van der Waals surface area contributed by atoms with Gasteiger partial charge in [0.1, 0.15) is 6.33 Å². The molecule has 0 amide bonds. The third-order valence-electron chi connectivity index (χ3n) is 3.23. The van der Waals surface area contributed by atoms with Crippen LogP contribution >= 0.6 is 11.6 Å². The van der Waals surface area contributed by atoms with Gasteiger partial charge in [0.15, 0.2) is 16.3 Å². The Morgan fingerprint density at radius 3 is 3.00 bits per heavy atom. The van der Waals surface area contributed by atoms with E-state index in [4.69, 9.17) is 11.6 Å². The molecule has 1 aliphatic carbocycles. The van der Waals surface area contributed by atoms with Crippen molar-refractivity contribution in [2.45, 2.75) is 32.2 Å². The van der Waals surface area contributed by atoms with Crippen LogP contribution in [-0.4, -0.2) is 25.0 Å². The second-order valence-corrected chi connectivity index (χ2v) is 4.59. The molecule has 0 saturated heterocycles. The smallest absolute Gasteiger partial charge is 0.183 e. The van der Waals surface area contributed by atoms with Gasteiger partial charge < -0.3 is 0 Å². The predicted molar refractivity (Wildman–Crippen MR) is 60.1 cm³/mol. The maximum Gasteiger partial charge on any atom is 0.183 e. The fourth-order valence-electron chi connectivity index (χ4n) is 2.00. The third kappa shape index (κ3) is 1.65. The molecule has 1 fully saturated rings. The highest BCUT2D eigenvalue weighted by Gasteiger charge is 2.18. The molecule has 6 heteroatoms. The van der Waals surface area contributed by atoms with Gasteiger partial charge in [-0.3, -0.25) is 0 Å². The number of fused-ring (bicyclic) bond motifs is 1. The molecule has 0 atom stereocenters. The molecule has 0 bridgehead atoms. The van der Waals surface area contributed by atoms with Gasteiger partial charge in [0.25, 0.3) is 0 Å². The van der Waals surface area contributed by atoms with Crippen molar-refractivity contribution in [2.75, 3.05) is 0 Å². The van der Waals surface area contributed by atoms with E-state index in [9.17, 15) is 0 Å². The second-order valence-electron chi connectivity index (χ2n) is 4.23. The summed E-state index contributed by atoms with van der Waals surface area (Å²) in [6, 6.07) is 0. The van der Waals surface area contributed by atoms with Crippen LogP contribution in [-0.2, 0) is 6.54 Å². The molecule has 3 rings (SSSR count). The van der Waals surface area contributed by atoms with Crippen LogP contribution < -0.4 is 0 Å². The summed E-state index contributed by atoms with van der Waals surface area (Å²) in [5, 5.41) is 8.44. The molecule has 0 spiro atoms. The molecule has 2 aromatic rings. The van der Waals surface area contributed by atoms with Crippen LogP contribution in [0, 0.1) is 5.92 Å². The summed E-state index contributed by atoms with van der Waals surface area (Å²) in [6.45, 7) is 0.870. The van der Waals surface area contributed by atoms with Crippen molar-refractivity contribution in [3.8, 4) is 0 Å². The van der Waals surface area contributed by atoms with Crippen LogP contribution in [0.1, 0.15) is 25.7 Å². The number of aryl methyl sites for hydroxylation is 1. The van der Waals surface area contributed by atoms with Crippen LogP contribution in [0.25, 0.3) is 11.2 Å². The number of nitrogens with zero attached hydrogens (tertiary/aromatic N) is 5. The van der Waals surface area contributed by atoms with Crippen molar-refractivity contribution >= 4 is 22.8 Å². The molecular weight excluding hydrogens is 226 g/mol. The Kier molecular flexibility index (Phi) is 2.47. The SMILES string of the molecule is Clc1ncnc2c1nnn2CCC1CCC1. The first-order valence-corrected chi connectivity index (χ1v) is 5.92. The number of aromatic nitrogens is 5. The van der Waals surface area contributed by atoms with Gasteiger partial charge in [-0.2, -0.15) is 0 Å². The van der Waals surface area contributed by atoms with Gasteiger partial charge in [0, 0.05) is 6.54 Å². The average molecular weight is 238 g/mol. The highest BCUT2D eigenvalue weighted by atomic mass is 35.5. The quantitative estimate of drug-likeness (QED) is 0.767. The zero-order valence-corrected chi connectivity index (χ0v) is 9.56. The summed E-state index contributed by atoms with van der Waals surface area (Å²) in [6.07, 6.45) is 6.68. The first-order valence-electron chi connectivity index (χ1n) is 5.54. The molecule has 0 radical (unpaired) electrons. The lowest BCUT2D eigenvalue weighted by atomic mass is 9.83. The fourth-order valence-corrected chi connectivity index (χ4v) is 2.17. The summed E-state index contributed by atoms with van der Waals surface area (Å²) < 4.78 is 1.82. The molecule has 0 N–H and O–H groups in total. The van der Waals surface area contributed by atoms with Crippen LogP contribution in [0.4, 0.5) is 0 Å². The predicted octanol–water partition coefficient (Wildman–Crippen LogP) is 2.06. The molecule has 1 saturated carbocycles. The van der Waals surface area contributed by atoms with E-state index in [1.165, 1.54) is 25.6 Å². The lowest BCUT2D eigenvalue weighted by Gasteiger charge is -2.24. The van der Waals surface area contributed by atoms with Gasteiger partial charge in [0.05, 0.1) is 0 Å². The zero-order valence-electron chi connectivity index (χ0n) is 8.80. The van der Waals surface area contributed by atoms with Crippen molar-refractivity contribution in [1.29, 1.82) is 0 Å². The summed E-state index contributed by atoms with van der Waals surface area (Å²) in [7, 11) is 0. The van der Waals surface area contributed by atoms with Gasteiger partial charge in [-0.15, -0.1) is 5.10 Å². The van der Waals surface area contributed by atoms with Crippen LogP contribution in [0.5, 0.6) is 0 Å². The third-order valence-corrected chi connectivity index (χ3v) is 3.51. The highest BCUT2D eigenvalue weighted by molar-refractivity contribution is 6.33. The molecule has 2 aromatic heterocycles. The normalized spacial score (nSPS) is 16.6. The topological polar surface area (TPSA) is 56.5 Å². The van der Waals surface area contributed by atoms with E-state index in [2.05, 4.69) is 20.3 Å². The van der Waals surface area contributed by atoms with Crippen LogP contribution in [0.15, 0.2) is 6.33 Å². The minimum atomic E-state index is 0.375. The Morgan fingerprint density at radius 1 is 1.38 bits per heavy atom. The fraction of sp³-hybridized carbons (Fsp3) is 0.600. The van der Waals surface area contributed by atoms with Crippen molar-refractivity contribution < 1.29 is 0 Å². The van der Waals surface area contributed by atoms with E-state index in [0.717, 1.165) is 24.5 Å². The second kappa shape index (κ2) is 3.97. The number of rotatable bonds is 3. The zero-order chi connectivity index (χ0) is 11.0. The van der Waals surface area contributed by atoms with Gasteiger partial charge in [-0.25, -0.2) is 14.6 Å². The van der Waals surface area contributed by atoms with E-state index >= 15 is 0 Å². The van der Waals surface area contributed by atoms with Gasteiger partial charge in [0.2, 0.25) is 0 Å². The Bertz CT molecular complexity index is 505. The Balaban J connectivity index is 1.83. The Hall–Kier alpha value is -1.23. The highest BCUT2D eigenvalue weighted by Crippen LogP contribution is 2.30. The van der Waals surface area contributed by atoms with Crippen molar-refractivity contribution in [2.24, 2.45) is 5.92 Å². The molecule has 2 heterocycles. The van der Waals surface area contributed by atoms with Crippen molar-refractivity contribution in [3.63, 3.8) is 0 Å². The van der Waals surface area contributed by atoms with Gasteiger partial charge in [-0.1, -0.05) is 36.1 Å². The summed E-state index contributed by atoms with van der Waals surface area (Å²) in [4.78, 5) is 8.05. The number of halogens is 1. The first kappa shape index (κ1) is 9.96. The Morgan fingerprint density at radius 2 is 2.25 bits per heavy atom. The molecule has 0 aliphatic heterocycles. The number of hydrogen-bond donors (Lipinski definition) is 0. The molecule has 1 aliphatic rings. The minimum absolute atomic E-state index is 0.375. The van der Waals surface area contributed by atoms with Crippen LogP contribution in [0.3, 0.4) is 0 Å². The van der Waals surface area contributed by atoms with E-state index in [1.54, 1.807) is 0 Å². The molecule has 84 valence electrons. The van der Waals surface area contributed by atoms with E-state index in [-0.39, 0.29) is 0 Å². The summed E-state index contributed by atoms with van der Waals surface area (Å²) in [5.41, 5.74) is 1.33. The lowest BCUT2D eigenvalue weighted by molar-refractivity contribution is 0.278. The summed E-state index contributed by atoms with van der Waals surface area (Å²) >= 11 is 5.90. The maximum absolute atomic E-state index is 5.90. The van der Waals surface area contributed by atoms with Crippen LogP contribution in [0.2, 0.25) is 5.15 Å². The molecule has 5 nitrogen and oxygen atoms in total. The van der Waals surface area contributed by atoms with E-state index in [0.29, 0.717) is 10.7 Å². The molecular formula is C10H12ClN5.